The molecule has 0 radical (unpaired) electrons. The first-order valence-corrected chi connectivity index (χ1v) is 36.9. The maximum Gasteiger partial charge on any atom is 0.329 e. The highest BCUT2D eigenvalue weighted by Crippen LogP contribution is 2.19. The molecular weight excluding hydrogens is 1520 g/mol. The molecule has 0 unspecified atom stereocenters. The molecule has 0 saturated carbocycles. The molecule has 1 fully saturated rings. The van der Waals surface area contributed by atoms with Crippen LogP contribution in [0.25, 0.3) is 0 Å². The highest BCUT2D eigenvalue weighted by molar-refractivity contribution is 6.05. The summed E-state index contributed by atoms with van der Waals surface area (Å²) in [4.78, 5) is 273. The number of carboxylic acid groups (broad SMARTS) is 4. The Morgan fingerprint density at radius 2 is 1.08 bits per heavy atom. The van der Waals surface area contributed by atoms with Crippen LogP contribution in [0, 0.1) is 5.92 Å². The summed E-state index contributed by atoms with van der Waals surface area (Å²) in [7, 11) is 0. The Bertz CT molecular complexity index is 3810. The minimum Gasteiger partial charge on any atom is -0.494 e. The molecule has 1 aliphatic heterocycles. The van der Waals surface area contributed by atoms with Crippen molar-refractivity contribution in [3.8, 4) is 5.75 Å². The highest BCUT2D eigenvalue weighted by atomic mass is 16.5. The van der Waals surface area contributed by atoms with Crippen LogP contribution in [0.15, 0.2) is 48.5 Å². The Morgan fingerprint density at radius 1 is 0.548 bits per heavy atom. The molecule has 43 nitrogen and oxygen atoms in total. The second-order valence-corrected chi connectivity index (χ2v) is 27.0. The number of primary amides is 1. The number of aliphatic carboxylic acids is 4. The summed E-state index contributed by atoms with van der Waals surface area (Å²) < 4.78 is 11.2. The minimum absolute atomic E-state index is 0.0232. The van der Waals surface area contributed by atoms with E-state index in [1.165, 1.54) is 24.3 Å². The molecule has 1 saturated heterocycles. The first kappa shape index (κ1) is 96.8. The molecule has 43 heteroatoms. The number of Topliss-reactive ketones (excluding diaryl/α,β-unsaturated/α-hetero) is 1. The number of carbonyl (C=O) groups excluding carboxylic acids is 16. The lowest BCUT2D eigenvalue weighted by molar-refractivity contribution is -0.156. The van der Waals surface area contributed by atoms with E-state index in [1.807, 2.05) is 16.0 Å². The van der Waals surface area contributed by atoms with Crippen LogP contribution in [-0.2, 0) is 102 Å². The van der Waals surface area contributed by atoms with E-state index in [2.05, 4.69) is 60.1 Å². The van der Waals surface area contributed by atoms with Gasteiger partial charge in [-0.05, 0) is 82.3 Å². The standard InChI is InChI=1S/C72H104N16O27/c1-6-8-9-10-11-12-13-20-53(92)80-44(27-39-21-23-40(24-22-39)114-7-2)66(107)83-45(29-52(75)91)67(108)85-48(32-59(101)102)68(109)88-61-38(5)115-72(113)49(28-51(90)41-17-14-15-18-42(41)74)86-71(112)60(36(3)26-56(95)96)87-69(110)50(35-89)81-55(94)33-76-63(104)46(30-57(97)98)82-62(103)37(4)78-65(106)47(31-58(99)100)84-64(105)43(19-16-25-73)79-54(93)34-77-70(61)111/h14-15,17-18,21-24,36-38,43-50,60-61,89H,6-13,16,19-20,25-35,73-74H2,1-5H3,(H2,75,91)(H,76,104)(H,77,111)(H,78,106)(H,79,93)(H,80,92)(H,81,94)(H,82,103)(H,83,107)(H,84,105)(H,85,108)(H,86,112)(H,87,110)(H,88,109)(H,95,96)(H,97,98)(H,99,100)(H,101,102)/t36-,37-,38-,43+,44+,45-,46+,47+,48+,49+,50-,60+,61+/m1/s1. The maximum absolute atomic E-state index is 14.8. The predicted molar refractivity (Wildman–Crippen MR) is 400 cm³/mol. The van der Waals surface area contributed by atoms with Gasteiger partial charge in [-0.3, -0.25) is 91.1 Å². The molecule has 1 heterocycles. The number of carbonyl (C=O) groups is 20. The SMILES string of the molecule is CCCCCCCCCC(=O)N[C@@H](Cc1ccc(OCC)cc1)C(=O)N[C@H](CC(N)=O)C(=O)N[C@@H](CC(=O)O)C(=O)N[C@@H]1C(=O)NCC(=O)N[C@@H](CCCN)C(=O)N[C@@H](CC(=O)O)C(=O)N[C@H](C)C(=O)N[C@@H](CC(=O)O)C(=O)NCC(=O)N[C@H](CO)C(=O)N[C@@H]([C@H](C)CC(=O)O)C(=O)N[C@@H](CC(=O)c2ccccc2N)C(=O)O[C@@H]1C. The first-order chi connectivity index (χ1) is 54.3. The molecule has 0 bridgehead atoms. The van der Waals surface area contributed by atoms with Crippen molar-refractivity contribution in [2.45, 2.75) is 216 Å². The second-order valence-electron chi connectivity index (χ2n) is 27.0. The lowest BCUT2D eigenvalue weighted by Crippen LogP contribution is -2.62. The number of ether oxygens (including phenoxy) is 2. The molecule has 0 aliphatic carbocycles. The van der Waals surface area contributed by atoms with Gasteiger partial charge in [-0.25, -0.2) is 4.79 Å². The average Bonchev–Trinajstić information content (AvgIpc) is 0.858. The van der Waals surface area contributed by atoms with Crippen LogP contribution in [0.2, 0.25) is 0 Å². The number of carboxylic acids is 4. The summed E-state index contributed by atoms with van der Waals surface area (Å²) in [6.07, 6.45) is -3.96. The number of nitrogens with two attached hydrogens (primary N) is 3. The van der Waals surface area contributed by atoms with Crippen molar-refractivity contribution >= 4 is 124 Å². The minimum atomic E-state index is -2.45. The largest absolute Gasteiger partial charge is 0.494 e. The molecule has 2 aromatic carbocycles. The Balaban J connectivity index is 2.29. The number of benzene rings is 2. The highest BCUT2D eigenvalue weighted by Gasteiger charge is 2.41. The summed E-state index contributed by atoms with van der Waals surface area (Å²) in [5.41, 5.74) is 17.4. The van der Waals surface area contributed by atoms with Crippen LogP contribution in [-0.4, -0.2) is 249 Å². The average molecular weight is 1630 g/mol. The molecule has 0 aromatic heterocycles. The summed E-state index contributed by atoms with van der Waals surface area (Å²) in [6.45, 7) is 3.16. The summed E-state index contributed by atoms with van der Waals surface area (Å²) in [5.74, 6) is -29.3. The number of hydrogen-bond acceptors (Lipinski definition) is 25. The second kappa shape index (κ2) is 49.8. The molecule has 0 spiro atoms. The number of esters is 1. The van der Waals surface area contributed by atoms with Crippen molar-refractivity contribution in [1.29, 1.82) is 0 Å². The third kappa shape index (κ3) is 35.4. The molecular formula is C72H104N16O27. The Morgan fingerprint density at radius 3 is 1.64 bits per heavy atom. The number of ketones is 1. The number of nitrogen functional groups attached to an aromatic ring is 1. The van der Waals surface area contributed by atoms with Crippen LogP contribution >= 0.6 is 0 Å². The summed E-state index contributed by atoms with van der Waals surface area (Å²) in [5, 5.41) is 77.9. The Labute approximate surface area is 659 Å². The molecule has 13 atom stereocenters. The lowest BCUT2D eigenvalue weighted by atomic mass is 9.96. The number of rotatable bonds is 37. The molecule has 24 N–H and O–H groups in total. The van der Waals surface area contributed by atoms with Crippen LogP contribution in [0.3, 0.4) is 0 Å². The quantitative estimate of drug-likeness (QED) is 0.0130. The normalized spacial score (nSPS) is 21.1. The number of unbranched alkanes of at least 4 members (excludes halogenated alkanes) is 6. The molecule has 2 aromatic rings. The number of cyclic esters (lactones) is 1. The number of anilines is 1. The Hall–Kier alpha value is -12.4. The number of hydrogen-bond donors (Lipinski definition) is 21. The van der Waals surface area contributed by atoms with Crippen molar-refractivity contribution in [2.75, 3.05) is 38.6 Å². The zero-order chi connectivity index (χ0) is 86.2. The van der Waals surface area contributed by atoms with Gasteiger partial charge in [0.05, 0.1) is 58.4 Å². The number of amides is 14. The summed E-state index contributed by atoms with van der Waals surface area (Å²) in [6, 6.07) is -11.1. The van der Waals surface area contributed by atoms with E-state index in [0.29, 0.717) is 30.8 Å². The van der Waals surface area contributed by atoms with Gasteiger partial charge in [-0.15, -0.1) is 0 Å². The topological polar surface area (TPSA) is 695 Å². The van der Waals surface area contributed by atoms with Gasteiger partial charge in [0.15, 0.2) is 5.78 Å². The van der Waals surface area contributed by atoms with Gasteiger partial charge in [0.2, 0.25) is 82.7 Å². The van der Waals surface area contributed by atoms with Gasteiger partial charge in [-0.1, -0.05) is 76.6 Å². The molecule has 3 rings (SSSR count). The van der Waals surface area contributed by atoms with Crippen molar-refractivity contribution in [3.63, 3.8) is 0 Å². The number of para-hydroxylation sites is 1. The molecule has 115 heavy (non-hydrogen) atoms. The van der Waals surface area contributed by atoms with E-state index in [-0.39, 0.29) is 37.1 Å². The van der Waals surface area contributed by atoms with E-state index in [4.69, 9.17) is 26.7 Å². The van der Waals surface area contributed by atoms with Gasteiger partial charge < -0.3 is 121 Å². The smallest absolute Gasteiger partial charge is 0.329 e. The molecule has 14 amide bonds. The third-order valence-corrected chi connectivity index (χ3v) is 17.4. The van der Waals surface area contributed by atoms with E-state index >= 15 is 0 Å². The lowest BCUT2D eigenvalue weighted by Gasteiger charge is -2.30. The zero-order valence-electron chi connectivity index (χ0n) is 64.1. The molecule has 634 valence electrons. The number of nitrogens with one attached hydrogen (secondary N) is 13. The predicted octanol–water partition coefficient (Wildman–Crippen LogP) is -5.70. The van der Waals surface area contributed by atoms with Crippen molar-refractivity contribution in [2.24, 2.45) is 17.4 Å². The van der Waals surface area contributed by atoms with E-state index in [0.717, 1.165) is 52.9 Å². The van der Waals surface area contributed by atoms with Crippen LogP contribution in [0.5, 0.6) is 5.75 Å². The van der Waals surface area contributed by atoms with Crippen molar-refractivity contribution < 1.29 is 131 Å². The van der Waals surface area contributed by atoms with Gasteiger partial charge >= 0.3 is 29.8 Å². The first-order valence-electron chi connectivity index (χ1n) is 36.9. The van der Waals surface area contributed by atoms with E-state index < -0.39 is 261 Å². The monoisotopic (exact) mass is 1620 g/mol. The van der Waals surface area contributed by atoms with Crippen LogP contribution < -0.4 is 91.1 Å². The fraction of sp³-hybridized carbons (Fsp3) is 0.556. The summed E-state index contributed by atoms with van der Waals surface area (Å²) >= 11 is 0. The van der Waals surface area contributed by atoms with Crippen molar-refractivity contribution in [1.82, 2.24) is 69.1 Å². The van der Waals surface area contributed by atoms with Crippen LogP contribution in [0.1, 0.15) is 153 Å². The zero-order valence-corrected chi connectivity index (χ0v) is 64.1. The van der Waals surface area contributed by atoms with Crippen molar-refractivity contribution in [3.05, 3.63) is 59.7 Å². The van der Waals surface area contributed by atoms with Gasteiger partial charge in [0.25, 0.3) is 0 Å². The van der Waals surface area contributed by atoms with Gasteiger partial charge in [0.1, 0.15) is 78.3 Å². The molecule has 1 aliphatic rings. The van der Waals surface area contributed by atoms with Gasteiger partial charge in [0, 0.05) is 30.5 Å². The fourth-order valence-electron chi connectivity index (χ4n) is 11.3. The maximum atomic E-state index is 14.8. The van der Waals surface area contributed by atoms with E-state index in [1.54, 1.807) is 31.2 Å². The number of aliphatic hydroxyl groups is 1. The Kier molecular flexibility index (Phi) is 41.9. The third-order valence-electron chi connectivity index (χ3n) is 17.4. The van der Waals surface area contributed by atoms with Gasteiger partial charge in [-0.2, -0.15) is 0 Å². The van der Waals surface area contributed by atoms with Crippen LogP contribution in [0.4, 0.5) is 5.69 Å². The number of aliphatic hydroxyl groups excluding tert-OH is 1. The fourth-order valence-corrected chi connectivity index (χ4v) is 11.3. The van der Waals surface area contributed by atoms with E-state index in [9.17, 15) is 121 Å².